The number of rotatable bonds is 2. The Morgan fingerprint density at radius 3 is 2.44 bits per heavy atom. The van der Waals surface area contributed by atoms with Crippen LogP contribution in [0.5, 0.6) is 5.75 Å². The third kappa shape index (κ3) is 4.02. The number of azo groups is 1. The standard InChI is InChI=1S/C10H8F3N3OS/c11-10(12,13)17-8-3-1-7(2-4-8)15-16-9-14-5-6-18-9/h1-4H,5-6H2. The quantitative estimate of drug-likeness (QED) is 0.771. The minimum absolute atomic E-state index is 0.283. The van der Waals surface area contributed by atoms with Crippen molar-refractivity contribution >= 4 is 22.6 Å². The van der Waals surface area contributed by atoms with E-state index in [9.17, 15) is 13.2 Å². The highest BCUT2D eigenvalue weighted by molar-refractivity contribution is 8.14. The summed E-state index contributed by atoms with van der Waals surface area (Å²) in [5, 5.41) is 8.32. The van der Waals surface area contributed by atoms with Gasteiger partial charge < -0.3 is 4.74 Å². The van der Waals surface area contributed by atoms with Crippen LogP contribution < -0.4 is 4.74 Å². The predicted molar refractivity (Wildman–Crippen MR) is 62.4 cm³/mol. The molecular weight excluding hydrogens is 267 g/mol. The molecule has 0 fully saturated rings. The summed E-state index contributed by atoms with van der Waals surface area (Å²) in [5.41, 5.74) is 0.444. The second-order valence-electron chi connectivity index (χ2n) is 3.25. The number of amidine groups is 1. The number of aliphatic imine (C=N–C) groups is 1. The number of thioether (sulfide) groups is 1. The molecule has 0 atom stereocenters. The number of benzene rings is 1. The van der Waals surface area contributed by atoms with Gasteiger partial charge in [0.05, 0.1) is 12.2 Å². The van der Waals surface area contributed by atoms with Gasteiger partial charge in [-0.05, 0) is 24.3 Å². The van der Waals surface area contributed by atoms with Crippen LogP contribution in [0.4, 0.5) is 18.9 Å². The topological polar surface area (TPSA) is 46.3 Å². The third-order valence-corrected chi connectivity index (χ3v) is 2.75. The molecule has 2 rings (SSSR count). The van der Waals surface area contributed by atoms with E-state index in [1.54, 1.807) is 0 Å². The zero-order valence-corrected chi connectivity index (χ0v) is 9.83. The van der Waals surface area contributed by atoms with E-state index in [0.29, 0.717) is 10.9 Å². The normalized spacial score (nSPS) is 16.1. The highest BCUT2D eigenvalue weighted by Gasteiger charge is 2.30. The van der Waals surface area contributed by atoms with Gasteiger partial charge in [0.1, 0.15) is 5.75 Å². The molecule has 1 aliphatic heterocycles. The lowest BCUT2D eigenvalue weighted by Crippen LogP contribution is -2.16. The molecule has 4 nitrogen and oxygen atoms in total. The summed E-state index contributed by atoms with van der Waals surface area (Å²) < 4.78 is 39.5. The number of alkyl halides is 3. The fourth-order valence-corrected chi connectivity index (χ4v) is 1.85. The van der Waals surface area contributed by atoms with Gasteiger partial charge in [-0.2, -0.15) is 0 Å². The van der Waals surface area contributed by atoms with Gasteiger partial charge in [0.15, 0.2) is 0 Å². The molecule has 0 aromatic heterocycles. The predicted octanol–water partition coefficient (Wildman–Crippen LogP) is 3.77. The van der Waals surface area contributed by atoms with Gasteiger partial charge >= 0.3 is 6.36 Å². The summed E-state index contributed by atoms with van der Waals surface area (Å²) in [6.07, 6.45) is -4.68. The van der Waals surface area contributed by atoms with Gasteiger partial charge in [-0.3, -0.25) is 4.99 Å². The molecule has 0 unspecified atom stereocenters. The molecule has 1 heterocycles. The average Bonchev–Trinajstić information content (AvgIpc) is 2.79. The fourth-order valence-electron chi connectivity index (χ4n) is 1.20. The SMILES string of the molecule is FC(F)(F)Oc1ccc(N=NC2=NCCS2)cc1. The first-order valence-corrected chi connectivity index (χ1v) is 5.96. The Bertz CT molecular complexity index is 470. The smallest absolute Gasteiger partial charge is 0.406 e. The van der Waals surface area contributed by atoms with E-state index in [1.807, 2.05) is 0 Å². The second-order valence-corrected chi connectivity index (χ2v) is 4.32. The van der Waals surface area contributed by atoms with E-state index in [2.05, 4.69) is 20.0 Å². The molecule has 1 aromatic rings. The van der Waals surface area contributed by atoms with Crippen LogP contribution in [0, 0.1) is 0 Å². The lowest BCUT2D eigenvalue weighted by atomic mass is 10.3. The van der Waals surface area contributed by atoms with E-state index >= 15 is 0 Å². The molecule has 1 aromatic carbocycles. The van der Waals surface area contributed by atoms with Crippen LogP contribution in [0.1, 0.15) is 0 Å². The zero-order chi connectivity index (χ0) is 13.0. The van der Waals surface area contributed by atoms with Gasteiger partial charge in [0.2, 0.25) is 5.17 Å². The Labute approximate surface area is 105 Å². The summed E-state index contributed by atoms with van der Waals surface area (Å²) in [4.78, 5) is 4.06. The maximum absolute atomic E-state index is 11.9. The lowest BCUT2D eigenvalue weighted by molar-refractivity contribution is -0.274. The number of nitrogens with zero attached hydrogens (tertiary/aromatic N) is 3. The van der Waals surface area contributed by atoms with Crippen molar-refractivity contribution < 1.29 is 17.9 Å². The van der Waals surface area contributed by atoms with Crippen molar-refractivity contribution in [1.29, 1.82) is 0 Å². The van der Waals surface area contributed by atoms with Crippen molar-refractivity contribution in [3.05, 3.63) is 24.3 Å². The first-order chi connectivity index (χ1) is 8.53. The summed E-state index contributed by atoms with van der Waals surface area (Å²) in [6, 6.07) is 5.16. The molecule has 8 heteroatoms. The number of ether oxygens (including phenoxy) is 1. The molecule has 1 aliphatic rings. The van der Waals surface area contributed by atoms with Crippen LogP contribution in [-0.2, 0) is 0 Å². The van der Waals surface area contributed by atoms with Crippen molar-refractivity contribution in [3.63, 3.8) is 0 Å². The molecule has 0 spiro atoms. The van der Waals surface area contributed by atoms with E-state index in [1.165, 1.54) is 36.0 Å². The molecule has 96 valence electrons. The Morgan fingerprint density at radius 2 is 1.89 bits per heavy atom. The molecule has 18 heavy (non-hydrogen) atoms. The van der Waals surface area contributed by atoms with Crippen molar-refractivity contribution in [1.82, 2.24) is 0 Å². The molecule has 0 aliphatic carbocycles. The van der Waals surface area contributed by atoms with Gasteiger partial charge in [0.25, 0.3) is 0 Å². The molecule has 0 bridgehead atoms. The van der Waals surface area contributed by atoms with Crippen LogP contribution in [0.15, 0.2) is 39.5 Å². The average molecular weight is 275 g/mol. The van der Waals surface area contributed by atoms with E-state index < -0.39 is 6.36 Å². The molecule has 0 saturated heterocycles. The van der Waals surface area contributed by atoms with E-state index in [4.69, 9.17) is 0 Å². The van der Waals surface area contributed by atoms with Crippen LogP contribution in [0.25, 0.3) is 0 Å². The van der Waals surface area contributed by atoms with Crippen molar-refractivity contribution in [2.75, 3.05) is 12.3 Å². The number of hydrogen-bond donors (Lipinski definition) is 0. The monoisotopic (exact) mass is 275 g/mol. The van der Waals surface area contributed by atoms with E-state index in [-0.39, 0.29) is 5.75 Å². The summed E-state index contributed by atoms with van der Waals surface area (Å²) in [7, 11) is 0. The minimum atomic E-state index is -4.68. The highest BCUT2D eigenvalue weighted by Crippen LogP contribution is 2.25. The molecular formula is C10H8F3N3OS. The fraction of sp³-hybridized carbons (Fsp3) is 0.300. The number of hydrogen-bond acceptors (Lipinski definition) is 5. The van der Waals surface area contributed by atoms with Crippen LogP contribution in [0.3, 0.4) is 0 Å². The van der Waals surface area contributed by atoms with Crippen LogP contribution >= 0.6 is 11.8 Å². The zero-order valence-electron chi connectivity index (χ0n) is 9.02. The Balaban J connectivity index is 1.99. The third-order valence-electron chi connectivity index (χ3n) is 1.89. The lowest BCUT2D eigenvalue weighted by Gasteiger charge is -2.07. The first-order valence-electron chi connectivity index (χ1n) is 4.98. The van der Waals surface area contributed by atoms with Crippen molar-refractivity contribution in [2.24, 2.45) is 15.2 Å². The van der Waals surface area contributed by atoms with Gasteiger partial charge in [-0.1, -0.05) is 11.8 Å². The second kappa shape index (κ2) is 5.38. The van der Waals surface area contributed by atoms with Gasteiger partial charge in [-0.25, -0.2) is 0 Å². The largest absolute Gasteiger partial charge is 0.573 e. The maximum Gasteiger partial charge on any atom is 0.573 e. The summed E-state index contributed by atoms with van der Waals surface area (Å²) in [6.45, 7) is 0.720. The summed E-state index contributed by atoms with van der Waals surface area (Å²) in [5.74, 6) is 0.598. The molecule has 0 N–H and O–H groups in total. The van der Waals surface area contributed by atoms with Gasteiger partial charge in [0, 0.05) is 5.75 Å². The Morgan fingerprint density at radius 1 is 1.17 bits per heavy atom. The summed E-state index contributed by atoms with van der Waals surface area (Å²) >= 11 is 1.49. The van der Waals surface area contributed by atoms with Gasteiger partial charge in [-0.15, -0.1) is 23.4 Å². The van der Waals surface area contributed by atoms with Crippen LogP contribution in [0.2, 0.25) is 0 Å². The molecule has 0 amide bonds. The minimum Gasteiger partial charge on any atom is -0.406 e. The maximum atomic E-state index is 11.9. The van der Waals surface area contributed by atoms with E-state index in [0.717, 1.165) is 12.3 Å². The Hall–Kier alpha value is -1.57. The highest BCUT2D eigenvalue weighted by atomic mass is 32.2. The molecule has 0 radical (unpaired) electrons. The van der Waals surface area contributed by atoms with Crippen molar-refractivity contribution in [2.45, 2.75) is 6.36 Å². The van der Waals surface area contributed by atoms with Crippen molar-refractivity contribution in [3.8, 4) is 5.75 Å². The Kier molecular flexibility index (Phi) is 3.85. The number of halogens is 3. The van der Waals surface area contributed by atoms with Crippen LogP contribution in [-0.4, -0.2) is 23.8 Å². The molecule has 0 saturated carbocycles. The first kappa shape index (κ1) is 12.9.